The van der Waals surface area contributed by atoms with Crippen molar-refractivity contribution in [2.24, 2.45) is 0 Å². The van der Waals surface area contributed by atoms with E-state index in [1.165, 1.54) is 17.4 Å². The first kappa shape index (κ1) is 12.4. The Bertz CT molecular complexity index is 524. The molecule has 0 saturated carbocycles. The van der Waals surface area contributed by atoms with E-state index >= 15 is 0 Å². The summed E-state index contributed by atoms with van der Waals surface area (Å²) in [7, 11) is 1.62. The Morgan fingerprint density at radius 2 is 2.12 bits per heavy atom. The van der Waals surface area contributed by atoms with Gasteiger partial charge in [0.1, 0.15) is 11.6 Å². The number of methoxy groups -OCH3 is 1. The van der Waals surface area contributed by atoms with E-state index in [1.807, 2.05) is 11.4 Å². The van der Waals surface area contributed by atoms with Gasteiger partial charge in [0.15, 0.2) is 0 Å². The minimum atomic E-state index is -0.261. The molecule has 1 aromatic heterocycles. The first-order valence-electron chi connectivity index (χ1n) is 5.14. The monoisotopic (exact) mass is 270 g/mol. The summed E-state index contributed by atoms with van der Waals surface area (Å²) in [5.74, 6) is 0.593. The van der Waals surface area contributed by atoms with Gasteiger partial charge in [-0.05, 0) is 30.2 Å². The Balaban J connectivity index is 2.29. The van der Waals surface area contributed by atoms with Gasteiger partial charge < -0.3 is 4.74 Å². The molecule has 1 atom stereocenters. The zero-order valence-electron chi connectivity index (χ0n) is 9.54. The molecule has 0 aliphatic heterocycles. The lowest BCUT2D eigenvalue weighted by atomic mass is 10.1. The van der Waals surface area contributed by atoms with Crippen molar-refractivity contribution in [1.82, 2.24) is 0 Å². The van der Waals surface area contributed by atoms with Gasteiger partial charge >= 0.3 is 0 Å². The Kier molecular flexibility index (Phi) is 3.69. The molecule has 0 N–H and O–H groups in total. The minimum Gasteiger partial charge on any atom is -0.496 e. The fraction of sp³-hybridized carbons (Fsp3) is 0.231. The second kappa shape index (κ2) is 5.07. The van der Waals surface area contributed by atoms with Gasteiger partial charge in [0, 0.05) is 10.3 Å². The van der Waals surface area contributed by atoms with E-state index in [4.69, 9.17) is 16.3 Å². The van der Waals surface area contributed by atoms with Crippen LogP contribution in [0.15, 0.2) is 29.6 Å². The summed E-state index contributed by atoms with van der Waals surface area (Å²) in [5, 5.41) is 1.64. The summed E-state index contributed by atoms with van der Waals surface area (Å²) >= 11 is 7.90. The number of rotatable bonds is 3. The van der Waals surface area contributed by atoms with Crippen LogP contribution in [-0.2, 0) is 0 Å². The predicted molar refractivity (Wildman–Crippen MR) is 69.7 cm³/mol. The molecule has 0 radical (unpaired) electrons. The number of benzene rings is 1. The van der Waals surface area contributed by atoms with Crippen molar-refractivity contribution in [3.8, 4) is 5.75 Å². The molecule has 0 amide bonds. The van der Waals surface area contributed by atoms with Crippen LogP contribution in [-0.4, -0.2) is 7.11 Å². The second-order valence-electron chi connectivity index (χ2n) is 3.76. The molecule has 0 aliphatic carbocycles. The van der Waals surface area contributed by atoms with E-state index < -0.39 is 0 Å². The van der Waals surface area contributed by atoms with Gasteiger partial charge in [-0.1, -0.05) is 12.1 Å². The van der Waals surface area contributed by atoms with Crippen LogP contribution in [0.25, 0.3) is 0 Å². The molecule has 1 aromatic carbocycles. The number of hydrogen-bond acceptors (Lipinski definition) is 2. The van der Waals surface area contributed by atoms with Crippen LogP contribution >= 0.6 is 22.9 Å². The fourth-order valence-electron chi connectivity index (χ4n) is 1.56. The average molecular weight is 271 g/mol. The Labute approximate surface area is 109 Å². The minimum absolute atomic E-state index is 0.207. The topological polar surface area (TPSA) is 9.23 Å². The maximum absolute atomic E-state index is 13.2. The first-order valence-corrected chi connectivity index (χ1v) is 6.46. The van der Waals surface area contributed by atoms with Crippen molar-refractivity contribution < 1.29 is 9.13 Å². The SMILES string of the molecule is COc1csc(C(Cl)c2ccc(F)c(C)c2)c1. The molecule has 0 bridgehead atoms. The highest BCUT2D eigenvalue weighted by Gasteiger charge is 2.14. The predicted octanol–water partition coefficient (Wildman–Crippen LogP) is 4.53. The van der Waals surface area contributed by atoms with Gasteiger partial charge in [-0.25, -0.2) is 4.39 Å². The van der Waals surface area contributed by atoms with E-state index in [-0.39, 0.29) is 11.2 Å². The van der Waals surface area contributed by atoms with Crippen LogP contribution in [0.1, 0.15) is 21.4 Å². The molecule has 1 nitrogen and oxygen atoms in total. The first-order chi connectivity index (χ1) is 8.11. The van der Waals surface area contributed by atoms with Gasteiger partial charge in [-0.2, -0.15) is 0 Å². The van der Waals surface area contributed by atoms with Crippen LogP contribution in [0.3, 0.4) is 0 Å². The number of halogens is 2. The van der Waals surface area contributed by atoms with E-state index in [9.17, 15) is 4.39 Å². The number of aryl methyl sites for hydroxylation is 1. The lowest BCUT2D eigenvalue weighted by Crippen LogP contribution is -1.92. The molecule has 4 heteroatoms. The van der Waals surface area contributed by atoms with Gasteiger partial charge in [0.2, 0.25) is 0 Å². The second-order valence-corrected chi connectivity index (χ2v) is 5.14. The Morgan fingerprint density at radius 1 is 1.35 bits per heavy atom. The summed E-state index contributed by atoms with van der Waals surface area (Å²) in [4.78, 5) is 0.995. The molecule has 0 fully saturated rings. The number of thiophene rings is 1. The fourth-order valence-corrected chi connectivity index (χ4v) is 2.77. The molecule has 1 unspecified atom stereocenters. The maximum atomic E-state index is 13.2. The van der Waals surface area contributed by atoms with Crippen LogP contribution in [0.2, 0.25) is 0 Å². The third-order valence-electron chi connectivity index (χ3n) is 2.56. The molecule has 2 aromatic rings. The van der Waals surface area contributed by atoms with Gasteiger partial charge in [0.25, 0.3) is 0 Å². The highest BCUT2D eigenvalue weighted by Crippen LogP contribution is 2.35. The third-order valence-corrected chi connectivity index (χ3v) is 4.15. The number of alkyl halides is 1. The van der Waals surface area contributed by atoms with Crippen molar-refractivity contribution in [2.75, 3.05) is 7.11 Å². The molecule has 2 rings (SSSR count). The van der Waals surface area contributed by atoms with Crippen molar-refractivity contribution >= 4 is 22.9 Å². The lowest BCUT2D eigenvalue weighted by molar-refractivity contribution is 0.416. The average Bonchev–Trinajstić information content (AvgIpc) is 2.80. The Hall–Kier alpha value is -1.06. The summed E-state index contributed by atoms with van der Waals surface area (Å²) < 4.78 is 18.3. The summed E-state index contributed by atoms with van der Waals surface area (Å²) in [5.41, 5.74) is 1.51. The third kappa shape index (κ3) is 2.61. The molecule has 0 spiro atoms. The standard InChI is InChI=1S/C13H12ClFOS/c1-8-5-9(3-4-11(8)15)13(14)12-6-10(16-2)7-17-12/h3-7,13H,1-2H3. The van der Waals surface area contributed by atoms with E-state index in [2.05, 4.69) is 0 Å². The molecule has 0 aliphatic rings. The number of ether oxygens (including phenoxy) is 1. The summed E-state index contributed by atoms with van der Waals surface area (Å²) in [6.45, 7) is 1.73. The van der Waals surface area contributed by atoms with Crippen molar-refractivity contribution in [2.45, 2.75) is 12.3 Å². The number of hydrogen-bond donors (Lipinski definition) is 0. The Morgan fingerprint density at radius 3 is 2.71 bits per heavy atom. The van der Waals surface area contributed by atoms with Crippen molar-refractivity contribution in [3.05, 3.63) is 51.5 Å². The molecular formula is C13H12ClFOS. The van der Waals surface area contributed by atoms with E-state index in [1.54, 1.807) is 26.2 Å². The van der Waals surface area contributed by atoms with Crippen molar-refractivity contribution in [3.63, 3.8) is 0 Å². The van der Waals surface area contributed by atoms with Crippen LogP contribution in [0.5, 0.6) is 5.75 Å². The quantitative estimate of drug-likeness (QED) is 0.745. The summed E-state index contributed by atoms with van der Waals surface area (Å²) in [6, 6.07) is 6.84. The van der Waals surface area contributed by atoms with Crippen LogP contribution < -0.4 is 4.74 Å². The molecular weight excluding hydrogens is 259 g/mol. The molecule has 90 valence electrons. The van der Waals surface area contributed by atoms with E-state index in [0.717, 1.165) is 16.2 Å². The van der Waals surface area contributed by atoms with Gasteiger partial charge in [-0.15, -0.1) is 22.9 Å². The van der Waals surface area contributed by atoms with Crippen LogP contribution in [0.4, 0.5) is 4.39 Å². The zero-order chi connectivity index (χ0) is 12.4. The smallest absolute Gasteiger partial charge is 0.129 e. The highest BCUT2D eigenvalue weighted by molar-refractivity contribution is 7.10. The molecule has 1 heterocycles. The van der Waals surface area contributed by atoms with Crippen LogP contribution in [0, 0.1) is 12.7 Å². The summed E-state index contributed by atoms with van der Waals surface area (Å²) in [6.07, 6.45) is 0. The lowest BCUT2D eigenvalue weighted by Gasteiger charge is -2.08. The van der Waals surface area contributed by atoms with E-state index in [0.29, 0.717) is 5.56 Å². The molecule has 17 heavy (non-hydrogen) atoms. The van der Waals surface area contributed by atoms with Gasteiger partial charge in [0.05, 0.1) is 12.5 Å². The largest absolute Gasteiger partial charge is 0.496 e. The normalized spacial score (nSPS) is 12.5. The maximum Gasteiger partial charge on any atom is 0.129 e. The van der Waals surface area contributed by atoms with Crippen molar-refractivity contribution in [1.29, 1.82) is 0 Å². The van der Waals surface area contributed by atoms with Gasteiger partial charge in [-0.3, -0.25) is 0 Å². The highest BCUT2D eigenvalue weighted by atomic mass is 35.5. The zero-order valence-corrected chi connectivity index (χ0v) is 11.1. The molecule has 0 saturated heterocycles.